The van der Waals surface area contributed by atoms with Crippen molar-refractivity contribution in [3.05, 3.63) is 35.2 Å². The zero-order chi connectivity index (χ0) is 18.4. The minimum Gasteiger partial charge on any atom is -0.496 e. The summed E-state index contributed by atoms with van der Waals surface area (Å²) < 4.78 is 5.60. The molecular weight excluding hydrogens is 310 g/mol. The third-order valence-electron chi connectivity index (χ3n) is 4.65. The molecule has 0 radical (unpaired) electrons. The summed E-state index contributed by atoms with van der Waals surface area (Å²) in [6.45, 7) is 10.7. The number of anilines is 1. The smallest absolute Gasteiger partial charge is 0.148 e. The molecule has 2 aromatic rings. The van der Waals surface area contributed by atoms with Crippen LogP contribution < -0.4 is 10.1 Å². The maximum atomic E-state index is 5.60. The number of ether oxygens (including phenoxy) is 1. The Kier molecular flexibility index (Phi) is 6.80. The van der Waals surface area contributed by atoms with Gasteiger partial charge in [0.05, 0.1) is 24.2 Å². The summed E-state index contributed by atoms with van der Waals surface area (Å²) in [6, 6.07) is 6.67. The second-order valence-corrected chi connectivity index (χ2v) is 6.38. The summed E-state index contributed by atoms with van der Waals surface area (Å²) in [5, 5.41) is 3.58. The Labute approximate surface area is 152 Å². The Bertz CT molecular complexity index is 709. The molecule has 4 heteroatoms. The molecular formula is C21H31N3O. The average molecular weight is 341 g/mol. The van der Waals surface area contributed by atoms with E-state index in [1.54, 1.807) is 7.11 Å². The van der Waals surface area contributed by atoms with E-state index in [1.165, 1.54) is 5.56 Å². The maximum Gasteiger partial charge on any atom is 0.148 e. The van der Waals surface area contributed by atoms with Gasteiger partial charge in [0.1, 0.15) is 11.6 Å². The number of aryl methyl sites for hydroxylation is 3. The van der Waals surface area contributed by atoms with E-state index in [4.69, 9.17) is 14.7 Å². The number of hydrogen-bond donors (Lipinski definition) is 1. The van der Waals surface area contributed by atoms with E-state index in [9.17, 15) is 0 Å². The van der Waals surface area contributed by atoms with Gasteiger partial charge in [-0.25, -0.2) is 9.97 Å². The van der Waals surface area contributed by atoms with Gasteiger partial charge in [0.25, 0.3) is 0 Å². The lowest BCUT2D eigenvalue weighted by Crippen LogP contribution is -2.20. The first-order chi connectivity index (χ1) is 12.1. The van der Waals surface area contributed by atoms with Gasteiger partial charge in [0.15, 0.2) is 0 Å². The summed E-state index contributed by atoms with van der Waals surface area (Å²) >= 11 is 0. The molecule has 0 unspecified atom stereocenters. The second kappa shape index (κ2) is 8.84. The van der Waals surface area contributed by atoms with Gasteiger partial charge in [-0.15, -0.1) is 0 Å². The molecule has 0 fully saturated rings. The third kappa shape index (κ3) is 4.30. The molecule has 1 heterocycles. The van der Waals surface area contributed by atoms with Crippen molar-refractivity contribution >= 4 is 5.82 Å². The molecule has 0 saturated carbocycles. The van der Waals surface area contributed by atoms with Crippen LogP contribution in [0.15, 0.2) is 18.2 Å². The Hall–Kier alpha value is -2.10. The van der Waals surface area contributed by atoms with Gasteiger partial charge in [0, 0.05) is 11.6 Å². The van der Waals surface area contributed by atoms with E-state index in [2.05, 4.69) is 58.1 Å². The lowest BCUT2D eigenvalue weighted by atomic mass is 10.0. The SMILES string of the molecule is CCc1nc(-c2ccc(C)cc2OC)c(CC)nc1NC(CC)CC. The van der Waals surface area contributed by atoms with Crippen molar-refractivity contribution in [3.8, 4) is 17.0 Å². The number of aromatic nitrogens is 2. The predicted molar refractivity (Wildman–Crippen MR) is 106 cm³/mol. The van der Waals surface area contributed by atoms with E-state index in [0.717, 1.165) is 59.9 Å². The zero-order valence-electron chi connectivity index (χ0n) is 16.4. The molecule has 2 rings (SSSR count). The highest BCUT2D eigenvalue weighted by molar-refractivity contribution is 5.71. The maximum absolute atomic E-state index is 5.60. The Morgan fingerprint density at radius 1 is 1.00 bits per heavy atom. The van der Waals surface area contributed by atoms with Crippen molar-refractivity contribution < 1.29 is 4.74 Å². The van der Waals surface area contributed by atoms with Crippen LogP contribution in [0.1, 0.15) is 57.5 Å². The fourth-order valence-corrected chi connectivity index (χ4v) is 3.01. The van der Waals surface area contributed by atoms with Crippen LogP contribution >= 0.6 is 0 Å². The molecule has 1 aromatic heterocycles. The topological polar surface area (TPSA) is 47.0 Å². The van der Waals surface area contributed by atoms with Gasteiger partial charge in [-0.05, 0) is 50.3 Å². The van der Waals surface area contributed by atoms with E-state index in [-0.39, 0.29) is 0 Å². The molecule has 0 aliphatic heterocycles. The number of rotatable bonds is 8. The number of nitrogens with one attached hydrogen (secondary N) is 1. The summed E-state index contributed by atoms with van der Waals surface area (Å²) in [5.41, 5.74) is 5.15. The number of hydrogen-bond acceptors (Lipinski definition) is 4. The molecule has 0 bridgehead atoms. The highest BCUT2D eigenvalue weighted by atomic mass is 16.5. The first kappa shape index (κ1) is 19.2. The molecule has 1 N–H and O–H groups in total. The van der Waals surface area contributed by atoms with Gasteiger partial charge in [-0.2, -0.15) is 0 Å². The summed E-state index contributed by atoms with van der Waals surface area (Å²) in [7, 11) is 1.71. The van der Waals surface area contributed by atoms with Crippen molar-refractivity contribution in [2.45, 2.75) is 66.3 Å². The van der Waals surface area contributed by atoms with Gasteiger partial charge in [-0.1, -0.05) is 33.8 Å². The van der Waals surface area contributed by atoms with Gasteiger partial charge in [0.2, 0.25) is 0 Å². The van der Waals surface area contributed by atoms with Gasteiger partial charge in [-0.3, -0.25) is 0 Å². The molecule has 0 saturated heterocycles. The van der Waals surface area contributed by atoms with Crippen LogP contribution in [0.3, 0.4) is 0 Å². The van der Waals surface area contributed by atoms with E-state index in [1.807, 2.05) is 0 Å². The lowest BCUT2D eigenvalue weighted by molar-refractivity contribution is 0.416. The highest BCUT2D eigenvalue weighted by Crippen LogP contribution is 2.33. The Balaban J connectivity index is 2.56. The normalized spacial score (nSPS) is 11.0. The van der Waals surface area contributed by atoms with E-state index in [0.29, 0.717) is 6.04 Å². The summed E-state index contributed by atoms with van der Waals surface area (Å²) in [6.07, 6.45) is 3.84. The molecule has 0 aliphatic carbocycles. The number of nitrogens with zero attached hydrogens (tertiary/aromatic N) is 2. The Morgan fingerprint density at radius 3 is 2.24 bits per heavy atom. The second-order valence-electron chi connectivity index (χ2n) is 6.38. The molecule has 0 spiro atoms. The Morgan fingerprint density at radius 2 is 1.68 bits per heavy atom. The van der Waals surface area contributed by atoms with Crippen LogP contribution in [0.4, 0.5) is 5.82 Å². The molecule has 0 atom stereocenters. The van der Waals surface area contributed by atoms with Crippen LogP contribution in [0, 0.1) is 6.92 Å². The molecule has 25 heavy (non-hydrogen) atoms. The van der Waals surface area contributed by atoms with Crippen LogP contribution in [-0.2, 0) is 12.8 Å². The fraction of sp³-hybridized carbons (Fsp3) is 0.524. The van der Waals surface area contributed by atoms with Crippen molar-refractivity contribution in [2.75, 3.05) is 12.4 Å². The van der Waals surface area contributed by atoms with Crippen molar-refractivity contribution in [2.24, 2.45) is 0 Å². The monoisotopic (exact) mass is 341 g/mol. The molecule has 0 aliphatic rings. The van der Waals surface area contributed by atoms with Gasteiger partial charge >= 0.3 is 0 Å². The predicted octanol–water partition coefficient (Wildman–Crippen LogP) is 5.19. The zero-order valence-corrected chi connectivity index (χ0v) is 16.4. The van der Waals surface area contributed by atoms with Crippen molar-refractivity contribution in [3.63, 3.8) is 0 Å². The highest BCUT2D eigenvalue weighted by Gasteiger charge is 2.17. The first-order valence-corrected chi connectivity index (χ1v) is 9.39. The number of benzene rings is 1. The number of methoxy groups -OCH3 is 1. The van der Waals surface area contributed by atoms with E-state index < -0.39 is 0 Å². The average Bonchev–Trinajstić information content (AvgIpc) is 2.65. The van der Waals surface area contributed by atoms with Crippen LogP contribution in [0.25, 0.3) is 11.3 Å². The van der Waals surface area contributed by atoms with Crippen LogP contribution in [0.2, 0.25) is 0 Å². The molecule has 136 valence electrons. The molecule has 4 nitrogen and oxygen atoms in total. The van der Waals surface area contributed by atoms with Gasteiger partial charge < -0.3 is 10.1 Å². The largest absolute Gasteiger partial charge is 0.496 e. The van der Waals surface area contributed by atoms with Crippen LogP contribution in [0.5, 0.6) is 5.75 Å². The fourth-order valence-electron chi connectivity index (χ4n) is 3.01. The van der Waals surface area contributed by atoms with Crippen LogP contribution in [-0.4, -0.2) is 23.1 Å². The standard InChI is InChI=1S/C21H31N3O/c1-7-15(8-2)22-21-18(10-4)23-20(17(9-3)24-21)16-12-11-14(5)13-19(16)25-6/h11-13,15H,7-10H2,1-6H3,(H,22,24). The molecule has 1 aromatic carbocycles. The first-order valence-electron chi connectivity index (χ1n) is 9.39. The lowest BCUT2D eigenvalue weighted by Gasteiger charge is -2.20. The van der Waals surface area contributed by atoms with E-state index >= 15 is 0 Å². The minimum atomic E-state index is 0.434. The third-order valence-corrected chi connectivity index (χ3v) is 4.65. The molecule has 0 amide bonds. The quantitative estimate of drug-likeness (QED) is 0.718. The summed E-state index contributed by atoms with van der Waals surface area (Å²) in [5.74, 6) is 1.79. The summed E-state index contributed by atoms with van der Waals surface area (Å²) in [4.78, 5) is 9.93. The van der Waals surface area contributed by atoms with Crippen molar-refractivity contribution in [1.29, 1.82) is 0 Å². The van der Waals surface area contributed by atoms with Crippen molar-refractivity contribution in [1.82, 2.24) is 9.97 Å². The minimum absolute atomic E-state index is 0.434.